The van der Waals surface area contributed by atoms with E-state index >= 15 is 0 Å². The van der Waals surface area contributed by atoms with Gasteiger partial charge in [0.15, 0.2) is 0 Å². The number of rotatable bonds is 4. The van der Waals surface area contributed by atoms with Crippen molar-refractivity contribution in [1.82, 2.24) is 10.2 Å². The van der Waals surface area contributed by atoms with Crippen molar-refractivity contribution in [3.05, 3.63) is 39.7 Å². The smallest absolute Gasteiger partial charge is 0.339 e. The Hall–Kier alpha value is -2.38. The number of fused-ring (bicyclic) bond motifs is 1. The van der Waals surface area contributed by atoms with E-state index < -0.39 is 0 Å². The predicted octanol–water partition coefficient (Wildman–Crippen LogP) is 2.90. The third kappa shape index (κ3) is 5.11. The fourth-order valence-electron chi connectivity index (χ4n) is 3.36. The lowest BCUT2D eigenvalue weighted by molar-refractivity contribution is 0.0383. The van der Waals surface area contributed by atoms with Crippen molar-refractivity contribution in [3.63, 3.8) is 0 Å². The second-order valence-electron chi connectivity index (χ2n) is 8.24. The molecule has 1 aliphatic heterocycles. The Labute approximate surface area is 165 Å². The van der Waals surface area contributed by atoms with Crippen LogP contribution in [0.3, 0.4) is 0 Å². The monoisotopic (exact) mass is 387 g/mol. The maximum atomic E-state index is 12.5. The molecule has 1 aliphatic rings. The molecule has 1 aromatic heterocycles. The second-order valence-corrected chi connectivity index (χ2v) is 8.24. The van der Waals surface area contributed by atoms with Gasteiger partial charge < -0.3 is 19.8 Å². The molecule has 1 fully saturated rings. The van der Waals surface area contributed by atoms with Crippen LogP contribution in [0.2, 0.25) is 0 Å². The van der Waals surface area contributed by atoms with E-state index in [0.717, 1.165) is 43.8 Å². The summed E-state index contributed by atoms with van der Waals surface area (Å²) in [4.78, 5) is 26.9. The molecule has 0 atom stereocenters. The third-order valence-corrected chi connectivity index (χ3v) is 4.82. The average molecular weight is 387 g/mol. The highest BCUT2D eigenvalue weighted by molar-refractivity contribution is 5.93. The lowest BCUT2D eigenvalue weighted by atomic mass is 10.0. The van der Waals surface area contributed by atoms with Crippen LogP contribution in [0.15, 0.2) is 27.4 Å². The van der Waals surface area contributed by atoms with Gasteiger partial charge in [-0.05, 0) is 51.8 Å². The van der Waals surface area contributed by atoms with E-state index in [9.17, 15) is 9.59 Å². The van der Waals surface area contributed by atoms with Gasteiger partial charge in [0.05, 0.1) is 13.2 Å². The van der Waals surface area contributed by atoms with Gasteiger partial charge in [0.1, 0.15) is 5.58 Å². The van der Waals surface area contributed by atoms with E-state index in [1.54, 1.807) is 6.07 Å². The summed E-state index contributed by atoms with van der Waals surface area (Å²) >= 11 is 0. The van der Waals surface area contributed by atoms with Crippen LogP contribution >= 0.6 is 0 Å². The van der Waals surface area contributed by atoms with Crippen molar-refractivity contribution in [2.45, 2.75) is 39.7 Å². The molecule has 2 heterocycles. The zero-order valence-electron chi connectivity index (χ0n) is 17.1. The first-order chi connectivity index (χ1) is 13.2. The first-order valence-corrected chi connectivity index (χ1v) is 9.68. The van der Waals surface area contributed by atoms with Gasteiger partial charge in [-0.2, -0.15) is 0 Å². The number of amides is 2. The van der Waals surface area contributed by atoms with Crippen LogP contribution in [0.1, 0.15) is 31.9 Å². The summed E-state index contributed by atoms with van der Waals surface area (Å²) in [6.45, 7) is 11.8. The van der Waals surface area contributed by atoms with Crippen molar-refractivity contribution in [3.8, 4) is 0 Å². The maximum absolute atomic E-state index is 12.5. The number of morpholine rings is 1. The van der Waals surface area contributed by atoms with Crippen molar-refractivity contribution in [2.75, 3.05) is 38.2 Å². The van der Waals surface area contributed by atoms with E-state index in [0.29, 0.717) is 23.3 Å². The Morgan fingerprint density at radius 3 is 2.61 bits per heavy atom. The second kappa shape index (κ2) is 8.32. The van der Waals surface area contributed by atoms with Crippen LogP contribution in [0, 0.1) is 6.92 Å². The predicted molar refractivity (Wildman–Crippen MR) is 110 cm³/mol. The fourth-order valence-corrected chi connectivity index (χ4v) is 3.36. The molecule has 0 spiro atoms. The van der Waals surface area contributed by atoms with Crippen LogP contribution in [-0.2, 0) is 11.2 Å². The molecular formula is C21H29N3O4. The lowest BCUT2D eigenvalue weighted by Crippen LogP contribution is -2.43. The standard InChI is InChI=1S/C21H29N3O4/c1-14-16-6-5-15(22-20(26)23-21(2,3)4)13-18(16)28-19(25)17(14)7-8-24-9-11-27-12-10-24/h5-6,13H,7-12H2,1-4H3,(H2,22,23,26). The molecule has 3 rings (SSSR count). The number of nitrogens with zero attached hydrogens (tertiary/aromatic N) is 1. The number of aryl methyl sites for hydroxylation is 1. The molecule has 0 aliphatic carbocycles. The molecule has 7 nitrogen and oxygen atoms in total. The summed E-state index contributed by atoms with van der Waals surface area (Å²) in [5, 5.41) is 6.51. The molecule has 0 unspecified atom stereocenters. The van der Waals surface area contributed by atoms with Gasteiger partial charge in [-0.15, -0.1) is 0 Å². The van der Waals surface area contributed by atoms with Crippen molar-refractivity contribution in [1.29, 1.82) is 0 Å². The molecule has 2 N–H and O–H groups in total. The number of urea groups is 1. The summed E-state index contributed by atoms with van der Waals surface area (Å²) < 4.78 is 10.9. The van der Waals surface area contributed by atoms with E-state index in [-0.39, 0.29) is 17.2 Å². The number of carbonyl (C=O) groups is 1. The van der Waals surface area contributed by atoms with Crippen molar-refractivity contribution < 1.29 is 13.9 Å². The minimum Gasteiger partial charge on any atom is -0.422 e. The topological polar surface area (TPSA) is 83.8 Å². The highest BCUT2D eigenvalue weighted by Crippen LogP contribution is 2.23. The molecule has 0 bridgehead atoms. The molecule has 0 saturated carbocycles. The summed E-state index contributed by atoms with van der Waals surface area (Å²) in [7, 11) is 0. The Kier molecular flexibility index (Phi) is 6.05. The van der Waals surface area contributed by atoms with Gasteiger partial charge in [-0.1, -0.05) is 0 Å². The normalized spacial score (nSPS) is 15.6. The Bertz CT molecular complexity index is 908. The van der Waals surface area contributed by atoms with Crippen LogP contribution < -0.4 is 16.3 Å². The number of carbonyl (C=O) groups excluding carboxylic acids is 1. The quantitative estimate of drug-likeness (QED) is 0.788. The van der Waals surface area contributed by atoms with Gasteiger partial charge in [-0.25, -0.2) is 9.59 Å². The van der Waals surface area contributed by atoms with Gasteiger partial charge in [0, 0.05) is 47.9 Å². The van der Waals surface area contributed by atoms with Crippen LogP contribution in [0.4, 0.5) is 10.5 Å². The van der Waals surface area contributed by atoms with Gasteiger partial charge >= 0.3 is 11.7 Å². The lowest BCUT2D eigenvalue weighted by Gasteiger charge is -2.26. The third-order valence-electron chi connectivity index (χ3n) is 4.82. The van der Waals surface area contributed by atoms with Crippen LogP contribution in [0.5, 0.6) is 0 Å². The maximum Gasteiger partial charge on any atom is 0.339 e. The number of hydrogen-bond donors (Lipinski definition) is 2. The molecule has 1 aromatic carbocycles. The summed E-state index contributed by atoms with van der Waals surface area (Å²) in [5.74, 6) is 0. The highest BCUT2D eigenvalue weighted by Gasteiger charge is 2.17. The summed E-state index contributed by atoms with van der Waals surface area (Å²) in [6, 6.07) is 5.10. The molecular weight excluding hydrogens is 358 g/mol. The minimum absolute atomic E-state index is 0.298. The molecule has 0 radical (unpaired) electrons. The van der Waals surface area contributed by atoms with Gasteiger partial charge in [0.25, 0.3) is 0 Å². The van der Waals surface area contributed by atoms with E-state index in [1.807, 2.05) is 39.8 Å². The van der Waals surface area contributed by atoms with Crippen molar-refractivity contribution in [2.24, 2.45) is 0 Å². The Balaban J connectivity index is 1.78. The first kappa shape index (κ1) is 20.4. The van der Waals surface area contributed by atoms with Gasteiger partial charge in [-0.3, -0.25) is 4.90 Å². The molecule has 1 saturated heterocycles. The zero-order chi connectivity index (χ0) is 20.3. The molecule has 7 heteroatoms. The minimum atomic E-state index is -0.334. The molecule has 28 heavy (non-hydrogen) atoms. The summed E-state index contributed by atoms with van der Waals surface area (Å²) in [5.41, 5.74) is 2.06. The molecule has 2 aromatic rings. The van der Waals surface area contributed by atoms with E-state index in [4.69, 9.17) is 9.15 Å². The highest BCUT2D eigenvalue weighted by atomic mass is 16.5. The van der Waals surface area contributed by atoms with E-state index in [2.05, 4.69) is 15.5 Å². The number of hydrogen-bond acceptors (Lipinski definition) is 5. The number of anilines is 1. The van der Waals surface area contributed by atoms with Crippen LogP contribution in [-0.4, -0.2) is 49.3 Å². The Morgan fingerprint density at radius 1 is 1.21 bits per heavy atom. The van der Waals surface area contributed by atoms with E-state index in [1.165, 1.54) is 0 Å². The van der Waals surface area contributed by atoms with Crippen LogP contribution in [0.25, 0.3) is 11.0 Å². The van der Waals surface area contributed by atoms with Crippen molar-refractivity contribution >= 4 is 22.7 Å². The number of nitrogens with one attached hydrogen (secondary N) is 2. The number of ether oxygens (including phenoxy) is 1. The largest absolute Gasteiger partial charge is 0.422 e. The molecule has 2 amide bonds. The Morgan fingerprint density at radius 2 is 1.93 bits per heavy atom. The number of benzene rings is 1. The van der Waals surface area contributed by atoms with Gasteiger partial charge in [0.2, 0.25) is 0 Å². The zero-order valence-corrected chi connectivity index (χ0v) is 17.1. The first-order valence-electron chi connectivity index (χ1n) is 9.68. The molecule has 152 valence electrons. The average Bonchev–Trinajstić information content (AvgIpc) is 2.60. The fraction of sp³-hybridized carbons (Fsp3) is 0.524. The SMILES string of the molecule is Cc1c(CCN2CCOCC2)c(=O)oc2cc(NC(=O)NC(C)(C)C)ccc12. The summed E-state index contributed by atoms with van der Waals surface area (Å²) in [6.07, 6.45) is 0.651.